The van der Waals surface area contributed by atoms with Gasteiger partial charge in [-0.1, -0.05) is 0 Å². The van der Waals surface area contributed by atoms with Gasteiger partial charge in [0.1, 0.15) is 12.1 Å². The quantitative estimate of drug-likeness (QED) is 0.513. The number of rotatable bonds is 2. The van der Waals surface area contributed by atoms with Crippen LogP contribution in [0.15, 0.2) is 0 Å². The van der Waals surface area contributed by atoms with Gasteiger partial charge in [0.05, 0.1) is 6.10 Å². The molecule has 1 fully saturated rings. The summed E-state index contributed by atoms with van der Waals surface area (Å²) in [6.07, 6.45) is -2.14. The Kier molecular flexibility index (Phi) is 2.90. The van der Waals surface area contributed by atoms with Crippen LogP contribution in [0.1, 0.15) is 13.8 Å². The number of carboxylic acids is 1. The Labute approximate surface area is 76.6 Å². The van der Waals surface area contributed by atoms with Crippen molar-refractivity contribution in [3.63, 3.8) is 0 Å². The largest absolute Gasteiger partial charge is 0.480 e. The molecule has 0 bridgehead atoms. The monoisotopic (exact) mass is 189 g/mol. The number of carbonyl (C=O) groups is 1. The molecule has 1 aliphatic heterocycles. The lowest BCUT2D eigenvalue weighted by Gasteiger charge is -2.25. The number of carboxylic acid groups (broad SMARTS) is 1. The molecule has 1 aliphatic rings. The molecule has 0 saturated carbocycles. The molecule has 1 rings (SSSR count). The third kappa shape index (κ3) is 1.82. The van der Waals surface area contributed by atoms with E-state index in [1.807, 2.05) is 13.8 Å². The molecule has 1 heterocycles. The first-order valence-electron chi connectivity index (χ1n) is 4.30. The summed E-state index contributed by atoms with van der Waals surface area (Å²) < 4.78 is 0. The molecule has 1 saturated heterocycles. The lowest BCUT2D eigenvalue weighted by Crippen LogP contribution is -2.45. The third-order valence-electron chi connectivity index (χ3n) is 2.39. The van der Waals surface area contributed by atoms with Gasteiger partial charge in [0.15, 0.2) is 0 Å². The summed E-state index contributed by atoms with van der Waals surface area (Å²) in [7, 11) is 0. The SMILES string of the molecule is CC(C)N1CC(O)C(O)[C@H]1C(=O)O. The van der Waals surface area contributed by atoms with E-state index < -0.39 is 24.2 Å². The number of aliphatic hydroxyl groups excluding tert-OH is 2. The first-order valence-corrected chi connectivity index (χ1v) is 4.30. The standard InChI is InChI=1S/C8H15NO4/c1-4(2)9-3-5(10)7(11)6(9)8(12)13/h4-7,10-11H,3H2,1-2H3,(H,12,13)/t5?,6-,7?/m0/s1. The van der Waals surface area contributed by atoms with Crippen LogP contribution in [0.25, 0.3) is 0 Å². The summed E-state index contributed by atoms with van der Waals surface area (Å²) in [4.78, 5) is 12.3. The molecule has 0 radical (unpaired) electrons. The maximum absolute atomic E-state index is 10.8. The Hall–Kier alpha value is -0.650. The second kappa shape index (κ2) is 3.61. The van der Waals surface area contributed by atoms with Crippen molar-refractivity contribution in [2.75, 3.05) is 6.54 Å². The van der Waals surface area contributed by atoms with Gasteiger partial charge in [0.2, 0.25) is 0 Å². The van der Waals surface area contributed by atoms with Gasteiger partial charge in [-0.3, -0.25) is 9.69 Å². The number of aliphatic carboxylic acids is 1. The molecule has 13 heavy (non-hydrogen) atoms. The first kappa shape index (κ1) is 10.4. The van der Waals surface area contributed by atoms with Crippen molar-refractivity contribution in [2.24, 2.45) is 0 Å². The molecule has 5 nitrogen and oxygen atoms in total. The molecule has 0 aromatic rings. The van der Waals surface area contributed by atoms with E-state index in [1.54, 1.807) is 4.90 Å². The number of likely N-dealkylation sites (tertiary alicyclic amines) is 1. The van der Waals surface area contributed by atoms with E-state index in [1.165, 1.54) is 0 Å². The summed E-state index contributed by atoms with van der Waals surface area (Å²) in [5, 5.41) is 27.5. The van der Waals surface area contributed by atoms with Crippen molar-refractivity contribution in [1.82, 2.24) is 4.90 Å². The van der Waals surface area contributed by atoms with Crippen molar-refractivity contribution in [2.45, 2.75) is 38.1 Å². The van der Waals surface area contributed by atoms with Gasteiger partial charge in [-0.25, -0.2) is 0 Å². The zero-order chi connectivity index (χ0) is 10.2. The van der Waals surface area contributed by atoms with Gasteiger partial charge in [-0.15, -0.1) is 0 Å². The maximum Gasteiger partial charge on any atom is 0.323 e. The average molecular weight is 189 g/mol. The highest BCUT2D eigenvalue weighted by Gasteiger charge is 2.45. The fraction of sp³-hybridized carbons (Fsp3) is 0.875. The van der Waals surface area contributed by atoms with E-state index in [2.05, 4.69) is 0 Å². The number of hydrogen-bond acceptors (Lipinski definition) is 4. The van der Waals surface area contributed by atoms with E-state index >= 15 is 0 Å². The van der Waals surface area contributed by atoms with E-state index in [-0.39, 0.29) is 12.6 Å². The van der Waals surface area contributed by atoms with Gasteiger partial charge in [0.25, 0.3) is 0 Å². The Morgan fingerprint density at radius 2 is 2.00 bits per heavy atom. The van der Waals surface area contributed by atoms with Crippen LogP contribution in [0.2, 0.25) is 0 Å². The summed E-state index contributed by atoms with van der Waals surface area (Å²) >= 11 is 0. The van der Waals surface area contributed by atoms with E-state index in [0.717, 1.165) is 0 Å². The lowest BCUT2D eigenvalue weighted by atomic mass is 10.1. The first-order chi connectivity index (χ1) is 5.95. The second-order valence-corrected chi connectivity index (χ2v) is 3.63. The van der Waals surface area contributed by atoms with Crippen LogP contribution < -0.4 is 0 Å². The van der Waals surface area contributed by atoms with Crippen LogP contribution in [-0.4, -0.2) is 57.0 Å². The zero-order valence-corrected chi connectivity index (χ0v) is 7.71. The predicted octanol–water partition coefficient (Wildman–Crippen LogP) is -1.11. The molecule has 2 unspecified atom stereocenters. The average Bonchev–Trinajstić information content (AvgIpc) is 2.28. The molecular weight excluding hydrogens is 174 g/mol. The van der Waals surface area contributed by atoms with Crippen LogP contribution >= 0.6 is 0 Å². The number of hydrogen-bond donors (Lipinski definition) is 3. The minimum absolute atomic E-state index is 0.00731. The van der Waals surface area contributed by atoms with Gasteiger partial charge in [-0.2, -0.15) is 0 Å². The van der Waals surface area contributed by atoms with Crippen molar-refractivity contribution in [1.29, 1.82) is 0 Å². The van der Waals surface area contributed by atoms with Crippen molar-refractivity contribution in [3.05, 3.63) is 0 Å². The highest BCUT2D eigenvalue weighted by molar-refractivity contribution is 5.75. The smallest absolute Gasteiger partial charge is 0.323 e. The molecule has 0 spiro atoms. The third-order valence-corrected chi connectivity index (χ3v) is 2.39. The fourth-order valence-corrected chi connectivity index (χ4v) is 1.66. The van der Waals surface area contributed by atoms with Crippen molar-refractivity contribution >= 4 is 5.97 Å². The molecule has 3 atom stereocenters. The maximum atomic E-state index is 10.8. The highest BCUT2D eigenvalue weighted by Crippen LogP contribution is 2.21. The summed E-state index contributed by atoms with van der Waals surface area (Å²) in [6.45, 7) is 3.89. The van der Waals surface area contributed by atoms with Gasteiger partial charge >= 0.3 is 5.97 Å². The molecule has 0 aromatic heterocycles. The highest BCUT2D eigenvalue weighted by atomic mass is 16.4. The van der Waals surface area contributed by atoms with Crippen LogP contribution in [0, 0.1) is 0 Å². The molecular formula is C8H15NO4. The Bertz CT molecular complexity index is 206. The zero-order valence-electron chi connectivity index (χ0n) is 7.71. The van der Waals surface area contributed by atoms with Gasteiger partial charge in [0, 0.05) is 12.6 Å². The van der Waals surface area contributed by atoms with E-state index in [4.69, 9.17) is 5.11 Å². The minimum atomic E-state index is -1.18. The Morgan fingerprint density at radius 3 is 2.31 bits per heavy atom. The molecule has 0 aromatic carbocycles. The Balaban J connectivity index is 2.80. The lowest BCUT2D eigenvalue weighted by molar-refractivity contribution is -0.146. The van der Waals surface area contributed by atoms with Crippen molar-refractivity contribution < 1.29 is 20.1 Å². The van der Waals surface area contributed by atoms with E-state index in [9.17, 15) is 15.0 Å². The van der Waals surface area contributed by atoms with E-state index in [0.29, 0.717) is 0 Å². The molecule has 5 heteroatoms. The molecule has 0 amide bonds. The minimum Gasteiger partial charge on any atom is -0.480 e. The molecule has 76 valence electrons. The predicted molar refractivity (Wildman–Crippen MR) is 45.3 cm³/mol. The Morgan fingerprint density at radius 1 is 1.46 bits per heavy atom. The van der Waals surface area contributed by atoms with Crippen LogP contribution in [0.4, 0.5) is 0 Å². The molecule has 3 N–H and O–H groups in total. The van der Waals surface area contributed by atoms with Crippen LogP contribution in [-0.2, 0) is 4.79 Å². The second-order valence-electron chi connectivity index (χ2n) is 3.63. The summed E-state index contributed by atoms with van der Waals surface area (Å²) in [5.41, 5.74) is 0. The normalized spacial score (nSPS) is 35.6. The van der Waals surface area contributed by atoms with Crippen LogP contribution in [0.5, 0.6) is 0 Å². The number of aliphatic hydroxyl groups is 2. The number of β-amino-alcohol motifs (C(OH)–C–C–N with tert-alkyl or cyclic N) is 1. The molecule has 0 aliphatic carbocycles. The van der Waals surface area contributed by atoms with Crippen molar-refractivity contribution in [3.8, 4) is 0 Å². The van der Waals surface area contributed by atoms with Gasteiger partial charge in [-0.05, 0) is 13.8 Å². The number of nitrogens with zero attached hydrogens (tertiary/aromatic N) is 1. The topological polar surface area (TPSA) is 81.0 Å². The van der Waals surface area contributed by atoms with Crippen LogP contribution in [0.3, 0.4) is 0 Å². The fourth-order valence-electron chi connectivity index (χ4n) is 1.66. The summed E-state index contributed by atoms with van der Waals surface area (Å²) in [5.74, 6) is -1.09. The van der Waals surface area contributed by atoms with Gasteiger partial charge < -0.3 is 15.3 Å². The summed E-state index contributed by atoms with van der Waals surface area (Å²) in [6, 6.07) is -0.970.